The fourth-order valence-corrected chi connectivity index (χ4v) is 3.30. The van der Waals surface area contributed by atoms with E-state index in [0.717, 1.165) is 25.7 Å². The van der Waals surface area contributed by atoms with Crippen LogP contribution in [-0.4, -0.2) is 20.0 Å². The molecule has 1 atom stereocenters. The second-order valence-electron chi connectivity index (χ2n) is 5.16. The molecule has 0 saturated heterocycles. The van der Waals surface area contributed by atoms with Gasteiger partial charge in [0.1, 0.15) is 4.99 Å². The Hall–Kier alpha value is -0.980. The van der Waals surface area contributed by atoms with Gasteiger partial charge in [0, 0.05) is 12.1 Å². The molecule has 3 N–H and O–H groups in total. The lowest BCUT2D eigenvalue weighted by molar-refractivity contribution is 0.444. The summed E-state index contributed by atoms with van der Waals surface area (Å²) in [5.74, 6) is 0.385. The molecule has 1 aromatic rings. The molecule has 0 spiro atoms. The van der Waals surface area contributed by atoms with Crippen molar-refractivity contribution in [1.29, 1.82) is 0 Å². The van der Waals surface area contributed by atoms with Crippen LogP contribution in [0.5, 0.6) is 0 Å². The van der Waals surface area contributed by atoms with Gasteiger partial charge in [-0.05, 0) is 24.5 Å². The van der Waals surface area contributed by atoms with Crippen LogP contribution in [0.2, 0.25) is 0 Å². The van der Waals surface area contributed by atoms with E-state index in [4.69, 9.17) is 18.0 Å². The molecule has 0 fully saturated rings. The van der Waals surface area contributed by atoms with Gasteiger partial charge in [-0.3, -0.25) is 0 Å². The van der Waals surface area contributed by atoms with Gasteiger partial charge in [0.15, 0.2) is 0 Å². The maximum atomic E-state index is 12.2. The molecular formula is C15H24N2O2S2. The van der Waals surface area contributed by atoms with Gasteiger partial charge in [-0.1, -0.05) is 57.5 Å². The molecule has 0 aliphatic rings. The topological polar surface area (TPSA) is 72.2 Å². The lowest BCUT2D eigenvalue weighted by atomic mass is 10.00. The van der Waals surface area contributed by atoms with Gasteiger partial charge in [-0.15, -0.1) is 0 Å². The summed E-state index contributed by atoms with van der Waals surface area (Å²) < 4.78 is 27.2. The van der Waals surface area contributed by atoms with Gasteiger partial charge in [-0.25, -0.2) is 13.1 Å². The normalized spacial score (nSPS) is 13.0. The number of hydrogen-bond donors (Lipinski definition) is 2. The third kappa shape index (κ3) is 5.73. The summed E-state index contributed by atoms with van der Waals surface area (Å²) in [7, 11) is -3.47. The van der Waals surface area contributed by atoms with E-state index in [2.05, 4.69) is 18.6 Å². The predicted octanol–water partition coefficient (Wildman–Crippen LogP) is 2.82. The molecule has 0 saturated carbocycles. The molecule has 0 aliphatic heterocycles. The maximum Gasteiger partial charge on any atom is 0.240 e. The van der Waals surface area contributed by atoms with E-state index in [9.17, 15) is 8.42 Å². The highest BCUT2D eigenvalue weighted by Gasteiger charge is 2.16. The van der Waals surface area contributed by atoms with E-state index in [1.165, 1.54) is 12.1 Å². The zero-order valence-corrected chi connectivity index (χ0v) is 14.3. The minimum atomic E-state index is -3.47. The standard InChI is InChI=1S/C15H24N2O2S2/c1-3-5-6-12(4-2)11-17-21(18,19)14-9-7-13(8-10-14)15(16)20/h7-10,12,17H,3-6,11H2,1-2H3,(H2,16,20). The van der Waals surface area contributed by atoms with Crippen LogP contribution in [0.3, 0.4) is 0 Å². The zero-order valence-electron chi connectivity index (χ0n) is 12.6. The Morgan fingerprint density at radius 2 is 1.90 bits per heavy atom. The number of thiocarbonyl (C=S) groups is 1. The van der Waals surface area contributed by atoms with Crippen LogP contribution in [0.15, 0.2) is 29.2 Å². The van der Waals surface area contributed by atoms with E-state index >= 15 is 0 Å². The van der Waals surface area contributed by atoms with Gasteiger partial charge in [-0.2, -0.15) is 0 Å². The second kappa shape index (κ2) is 8.46. The maximum absolute atomic E-state index is 12.2. The van der Waals surface area contributed by atoms with Crippen molar-refractivity contribution < 1.29 is 8.42 Å². The van der Waals surface area contributed by atoms with Gasteiger partial charge in [0.2, 0.25) is 10.0 Å². The van der Waals surface area contributed by atoms with Crippen molar-refractivity contribution in [3.63, 3.8) is 0 Å². The van der Waals surface area contributed by atoms with Crippen molar-refractivity contribution >= 4 is 27.2 Å². The molecule has 0 bridgehead atoms. The quantitative estimate of drug-likeness (QED) is 0.684. The van der Waals surface area contributed by atoms with Gasteiger partial charge in [0.25, 0.3) is 0 Å². The average molecular weight is 329 g/mol. The van der Waals surface area contributed by atoms with Gasteiger partial charge >= 0.3 is 0 Å². The summed E-state index contributed by atoms with van der Waals surface area (Å²) in [6.07, 6.45) is 4.28. The Kier molecular flexibility index (Phi) is 7.28. The molecule has 118 valence electrons. The molecule has 4 nitrogen and oxygen atoms in total. The largest absolute Gasteiger partial charge is 0.389 e. The summed E-state index contributed by atoms with van der Waals surface area (Å²) in [4.78, 5) is 0.505. The van der Waals surface area contributed by atoms with Crippen LogP contribution < -0.4 is 10.5 Å². The fraction of sp³-hybridized carbons (Fsp3) is 0.533. The van der Waals surface area contributed by atoms with Crippen LogP contribution in [0, 0.1) is 5.92 Å². The summed E-state index contributed by atoms with van der Waals surface area (Å²) >= 11 is 4.85. The number of unbranched alkanes of at least 4 members (excludes halogenated alkanes) is 1. The molecule has 1 unspecified atom stereocenters. The predicted molar refractivity (Wildman–Crippen MR) is 90.8 cm³/mol. The third-order valence-electron chi connectivity index (χ3n) is 3.55. The number of benzene rings is 1. The first-order chi connectivity index (χ1) is 9.90. The van der Waals surface area contributed by atoms with Crippen molar-refractivity contribution in [2.75, 3.05) is 6.54 Å². The number of hydrogen-bond acceptors (Lipinski definition) is 3. The van der Waals surface area contributed by atoms with Gasteiger partial charge in [0.05, 0.1) is 4.90 Å². The van der Waals surface area contributed by atoms with Crippen LogP contribution in [0.25, 0.3) is 0 Å². The molecule has 0 aliphatic carbocycles. The van der Waals surface area contributed by atoms with Crippen molar-refractivity contribution in [3.05, 3.63) is 29.8 Å². The SMILES string of the molecule is CCCCC(CC)CNS(=O)(=O)c1ccc(C(N)=S)cc1. The van der Waals surface area contributed by atoms with Crippen molar-refractivity contribution in [2.24, 2.45) is 11.7 Å². The number of nitrogens with one attached hydrogen (secondary N) is 1. The van der Waals surface area contributed by atoms with Crippen LogP contribution >= 0.6 is 12.2 Å². The van der Waals surface area contributed by atoms with Crippen LogP contribution in [-0.2, 0) is 10.0 Å². The monoisotopic (exact) mass is 328 g/mol. The van der Waals surface area contributed by atoms with E-state index in [1.807, 2.05) is 0 Å². The molecule has 0 heterocycles. The Balaban J connectivity index is 2.70. The zero-order chi connectivity index (χ0) is 15.9. The fourth-order valence-electron chi connectivity index (χ4n) is 2.05. The van der Waals surface area contributed by atoms with Crippen molar-refractivity contribution in [3.8, 4) is 0 Å². The highest BCUT2D eigenvalue weighted by molar-refractivity contribution is 7.89. The number of nitrogens with two attached hydrogens (primary N) is 1. The number of rotatable bonds is 9. The van der Waals surface area contributed by atoms with E-state index in [1.54, 1.807) is 12.1 Å². The molecule has 0 aromatic heterocycles. The number of sulfonamides is 1. The minimum Gasteiger partial charge on any atom is -0.389 e. The summed E-state index contributed by atoms with van der Waals surface area (Å²) in [5.41, 5.74) is 6.17. The lowest BCUT2D eigenvalue weighted by Crippen LogP contribution is -2.29. The first-order valence-electron chi connectivity index (χ1n) is 7.30. The van der Waals surface area contributed by atoms with Gasteiger partial charge < -0.3 is 5.73 Å². The minimum absolute atomic E-state index is 0.243. The summed E-state index contributed by atoms with van der Waals surface area (Å²) in [6, 6.07) is 6.32. The Morgan fingerprint density at radius 1 is 1.29 bits per heavy atom. The molecule has 0 radical (unpaired) electrons. The lowest BCUT2D eigenvalue weighted by Gasteiger charge is -2.15. The molecule has 1 rings (SSSR count). The van der Waals surface area contributed by atoms with Crippen molar-refractivity contribution in [1.82, 2.24) is 4.72 Å². The second-order valence-corrected chi connectivity index (χ2v) is 7.36. The first-order valence-corrected chi connectivity index (χ1v) is 9.19. The highest BCUT2D eigenvalue weighted by Crippen LogP contribution is 2.14. The summed E-state index contributed by atoms with van der Waals surface area (Å²) in [5, 5.41) is 0. The van der Waals surface area contributed by atoms with Crippen LogP contribution in [0.1, 0.15) is 45.1 Å². The Morgan fingerprint density at radius 3 is 2.38 bits per heavy atom. The summed E-state index contributed by atoms with van der Waals surface area (Å²) in [6.45, 7) is 4.71. The van der Waals surface area contributed by atoms with E-state index in [-0.39, 0.29) is 9.88 Å². The molecule has 1 aromatic carbocycles. The molecule has 21 heavy (non-hydrogen) atoms. The Labute approximate surface area is 133 Å². The van der Waals surface area contributed by atoms with Crippen LogP contribution in [0.4, 0.5) is 0 Å². The smallest absolute Gasteiger partial charge is 0.240 e. The highest BCUT2D eigenvalue weighted by atomic mass is 32.2. The molecule has 0 amide bonds. The van der Waals surface area contributed by atoms with Crippen molar-refractivity contribution in [2.45, 2.75) is 44.4 Å². The molecule has 6 heteroatoms. The Bertz CT molecular complexity index is 554. The average Bonchev–Trinajstić information content (AvgIpc) is 2.47. The van der Waals surface area contributed by atoms with E-state index in [0.29, 0.717) is 18.0 Å². The first kappa shape index (κ1) is 18.1. The molecular weight excluding hydrogens is 304 g/mol. The van der Waals surface area contributed by atoms with E-state index < -0.39 is 10.0 Å². The third-order valence-corrected chi connectivity index (χ3v) is 5.23.